The highest BCUT2D eigenvalue weighted by Crippen LogP contribution is 2.19. The third kappa shape index (κ3) is 4.32. The van der Waals surface area contributed by atoms with Crippen molar-refractivity contribution in [2.24, 2.45) is 0 Å². The fourth-order valence-electron chi connectivity index (χ4n) is 2.63. The average Bonchev–Trinajstić information content (AvgIpc) is 2.51. The molecule has 1 amide bonds. The van der Waals surface area contributed by atoms with E-state index in [1.54, 1.807) is 0 Å². The predicted octanol–water partition coefficient (Wildman–Crippen LogP) is 2.19. The van der Waals surface area contributed by atoms with Gasteiger partial charge in [0, 0.05) is 43.3 Å². The number of nitrogens with zero attached hydrogens (tertiary/aromatic N) is 2. The molecule has 1 heterocycles. The summed E-state index contributed by atoms with van der Waals surface area (Å²) in [4.78, 5) is 16.6. The zero-order chi connectivity index (χ0) is 16.1. The van der Waals surface area contributed by atoms with Crippen LogP contribution in [0.3, 0.4) is 0 Å². The van der Waals surface area contributed by atoms with E-state index in [2.05, 4.69) is 4.90 Å². The van der Waals surface area contributed by atoms with Crippen LogP contribution in [0.25, 0.3) is 6.08 Å². The largest absolute Gasteiger partial charge is 0.395 e. The topological polar surface area (TPSA) is 43.8 Å². The molecule has 0 aromatic heterocycles. The molecule has 0 saturated carbocycles. The molecule has 5 heteroatoms. The van der Waals surface area contributed by atoms with Crippen molar-refractivity contribution < 1.29 is 9.90 Å². The zero-order valence-corrected chi connectivity index (χ0v) is 13.9. The van der Waals surface area contributed by atoms with Crippen LogP contribution in [0, 0.1) is 6.92 Å². The first-order valence-electron chi connectivity index (χ1n) is 7.58. The quantitative estimate of drug-likeness (QED) is 0.864. The van der Waals surface area contributed by atoms with Crippen molar-refractivity contribution in [3.8, 4) is 0 Å². The van der Waals surface area contributed by atoms with Crippen LogP contribution in [-0.2, 0) is 4.79 Å². The van der Waals surface area contributed by atoms with Crippen molar-refractivity contribution in [1.29, 1.82) is 0 Å². The lowest BCUT2D eigenvalue weighted by Crippen LogP contribution is -2.49. The van der Waals surface area contributed by atoms with Crippen LogP contribution in [0.2, 0.25) is 5.02 Å². The number of rotatable bonds is 4. The van der Waals surface area contributed by atoms with E-state index in [9.17, 15) is 4.79 Å². The highest BCUT2D eigenvalue weighted by atomic mass is 35.5. The Labute approximate surface area is 137 Å². The maximum atomic E-state index is 12.5. The first-order chi connectivity index (χ1) is 10.5. The van der Waals surface area contributed by atoms with E-state index in [1.807, 2.05) is 43.0 Å². The fraction of sp³-hybridized carbons (Fsp3) is 0.471. The van der Waals surface area contributed by atoms with Gasteiger partial charge in [-0.25, -0.2) is 0 Å². The second-order valence-corrected chi connectivity index (χ2v) is 6.12. The number of aliphatic hydroxyl groups is 1. The Morgan fingerprint density at radius 3 is 2.64 bits per heavy atom. The van der Waals surface area contributed by atoms with Gasteiger partial charge in [0.05, 0.1) is 6.61 Å². The van der Waals surface area contributed by atoms with Crippen LogP contribution in [0.4, 0.5) is 0 Å². The van der Waals surface area contributed by atoms with E-state index >= 15 is 0 Å². The molecule has 120 valence electrons. The minimum absolute atomic E-state index is 0.0722. The van der Waals surface area contributed by atoms with Gasteiger partial charge in [-0.3, -0.25) is 9.69 Å². The number of aryl methyl sites for hydroxylation is 1. The molecule has 0 atom stereocenters. The maximum absolute atomic E-state index is 12.5. The van der Waals surface area contributed by atoms with Crippen molar-refractivity contribution in [3.63, 3.8) is 0 Å². The summed E-state index contributed by atoms with van der Waals surface area (Å²) in [6.45, 7) is 7.75. The van der Waals surface area contributed by atoms with Crippen LogP contribution in [-0.4, -0.2) is 60.1 Å². The zero-order valence-electron chi connectivity index (χ0n) is 13.2. The lowest BCUT2D eigenvalue weighted by molar-refractivity contribution is -0.128. The van der Waals surface area contributed by atoms with Gasteiger partial charge < -0.3 is 10.0 Å². The van der Waals surface area contributed by atoms with Gasteiger partial charge in [0.1, 0.15) is 0 Å². The number of hydrogen-bond acceptors (Lipinski definition) is 3. The Morgan fingerprint density at radius 2 is 2.00 bits per heavy atom. The Kier molecular flexibility index (Phi) is 6.00. The summed E-state index contributed by atoms with van der Waals surface area (Å²) in [5, 5.41) is 9.63. The molecule has 1 aromatic rings. The fourth-order valence-corrected chi connectivity index (χ4v) is 2.81. The van der Waals surface area contributed by atoms with E-state index in [4.69, 9.17) is 16.7 Å². The molecule has 1 fully saturated rings. The SMILES string of the molecule is C/C(=C\c1cc(Cl)ccc1C)C(=O)N1CCN(CCO)CC1. The molecule has 1 N–H and O–H groups in total. The second-order valence-electron chi connectivity index (χ2n) is 5.69. The molecule has 0 radical (unpaired) electrons. The minimum Gasteiger partial charge on any atom is -0.395 e. The van der Waals surface area contributed by atoms with Crippen molar-refractivity contribution in [2.75, 3.05) is 39.3 Å². The monoisotopic (exact) mass is 322 g/mol. The highest BCUT2D eigenvalue weighted by Gasteiger charge is 2.21. The first-order valence-corrected chi connectivity index (χ1v) is 7.96. The van der Waals surface area contributed by atoms with Crippen LogP contribution in [0.15, 0.2) is 23.8 Å². The van der Waals surface area contributed by atoms with Crippen molar-refractivity contribution >= 4 is 23.6 Å². The van der Waals surface area contributed by atoms with E-state index in [0.717, 1.165) is 29.8 Å². The van der Waals surface area contributed by atoms with Crippen molar-refractivity contribution in [3.05, 3.63) is 39.9 Å². The number of aliphatic hydroxyl groups excluding tert-OH is 1. The molecule has 2 rings (SSSR count). The van der Waals surface area contributed by atoms with E-state index < -0.39 is 0 Å². The van der Waals surface area contributed by atoms with E-state index in [1.165, 1.54) is 0 Å². The number of carbonyl (C=O) groups is 1. The van der Waals surface area contributed by atoms with Crippen molar-refractivity contribution in [2.45, 2.75) is 13.8 Å². The van der Waals surface area contributed by atoms with Crippen molar-refractivity contribution in [1.82, 2.24) is 9.80 Å². The van der Waals surface area contributed by atoms with Gasteiger partial charge in [-0.15, -0.1) is 0 Å². The maximum Gasteiger partial charge on any atom is 0.249 e. The molecule has 22 heavy (non-hydrogen) atoms. The summed E-state index contributed by atoms with van der Waals surface area (Å²) < 4.78 is 0. The molecule has 1 aliphatic rings. The Balaban J connectivity index is 2.03. The minimum atomic E-state index is 0.0722. The van der Waals surface area contributed by atoms with Gasteiger partial charge in [0.2, 0.25) is 5.91 Å². The van der Waals surface area contributed by atoms with E-state index in [0.29, 0.717) is 24.7 Å². The summed E-state index contributed by atoms with van der Waals surface area (Å²) in [6, 6.07) is 5.69. The summed E-state index contributed by atoms with van der Waals surface area (Å²) in [7, 11) is 0. The number of halogens is 1. The summed E-state index contributed by atoms with van der Waals surface area (Å²) in [5.74, 6) is 0.0722. The number of piperazine rings is 1. The molecular weight excluding hydrogens is 300 g/mol. The third-order valence-electron chi connectivity index (χ3n) is 4.03. The summed E-state index contributed by atoms with van der Waals surface area (Å²) >= 11 is 6.02. The predicted molar refractivity (Wildman–Crippen MR) is 89.9 cm³/mol. The molecule has 0 unspecified atom stereocenters. The Hall–Kier alpha value is -1.36. The van der Waals surface area contributed by atoms with Gasteiger partial charge in [-0.2, -0.15) is 0 Å². The highest BCUT2D eigenvalue weighted by molar-refractivity contribution is 6.30. The summed E-state index contributed by atoms with van der Waals surface area (Å²) in [6.07, 6.45) is 1.91. The molecule has 0 bridgehead atoms. The van der Waals surface area contributed by atoms with Gasteiger partial charge in [0.25, 0.3) is 0 Å². The third-order valence-corrected chi connectivity index (χ3v) is 4.26. The van der Waals surface area contributed by atoms with Gasteiger partial charge in [-0.1, -0.05) is 17.7 Å². The lowest BCUT2D eigenvalue weighted by atomic mass is 10.1. The molecule has 0 spiro atoms. The first kappa shape index (κ1) is 17.0. The molecular formula is C17H23ClN2O2. The van der Waals surface area contributed by atoms with Crippen LogP contribution >= 0.6 is 11.6 Å². The smallest absolute Gasteiger partial charge is 0.249 e. The number of β-amino-alcohol motifs (C(OH)–C–C–N with tert-alkyl or cyclic N) is 1. The lowest BCUT2D eigenvalue weighted by Gasteiger charge is -2.34. The normalized spacial score (nSPS) is 16.9. The molecule has 1 aromatic carbocycles. The number of carbonyl (C=O) groups excluding carboxylic acids is 1. The average molecular weight is 323 g/mol. The van der Waals surface area contributed by atoms with E-state index in [-0.39, 0.29) is 12.5 Å². The van der Waals surface area contributed by atoms with Crippen LogP contribution in [0.5, 0.6) is 0 Å². The van der Waals surface area contributed by atoms with Gasteiger partial charge in [0.15, 0.2) is 0 Å². The molecule has 1 saturated heterocycles. The summed E-state index contributed by atoms with van der Waals surface area (Å²) in [5.41, 5.74) is 2.81. The Morgan fingerprint density at radius 1 is 1.32 bits per heavy atom. The number of amides is 1. The molecule has 1 aliphatic heterocycles. The Bertz CT molecular complexity index is 564. The standard InChI is InChI=1S/C17H23ClN2O2/c1-13-3-4-16(18)12-15(13)11-14(2)17(22)20-7-5-19(6-8-20)9-10-21/h3-4,11-12,21H,5-10H2,1-2H3/b14-11+. The van der Waals surface area contributed by atoms with Crippen LogP contribution < -0.4 is 0 Å². The number of hydrogen-bond donors (Lipinski definition) is 1. The van der Waals surface area contributed by atoms with Gasteiger partial charge in [-0.05, 0) is 43.2 Å². The molecule has 4 nitrogen and oxygen atoms in total. The van der Waals surface area contributed by atoms with Gasteiger partial charge >= 0.3 is 0 Å². The second kappa shape index (κ2) is 7.77. The van der Waals surface area contributed by atoms with Crippen LogP contribution in [0.1, 0.15) is 18.1 Å². The number of benzene rings is 1. The molecule has 0 aliphatic carbocycles.